The van der Waals surface area contributed by atoms with Gasteiger partial charge in [0.2, 0.25) is 0 Å². The van der Waals surface area contributed by atoms with Crippen molar-refractivity contribution in [2.24, 2.45) is 0 Å². The smallest absolute Gasteiger partial charge is 0.125 e. The molecule has 2 aromatic rings. The maximum Gasteiger partial charge on any atom is 0.125 e. The number of fused-ring (bicyclic) bond motifs is 3. The Morgan fingerprint density at radius 1 is 1.56 bits per heavy atom. The molecule has 0 aliphatic carbocycles. The molecule has 0 spiro atoms. The first-order chi connectivity index (χ1) is 7.70. The lowest BCUT2D eigenvalue weighted by Gasteiger charge is -2.05. The fourth-order valence-corrected chi connectivity index (χ4v) is 3.66. The van der Waals surface area contributed by atoms with E-state index in [1.165, 1.54) is 10.4 Å². The average Bonchev–Trinajstić information content (AvgIpc) is 2.74. The molecule has 3 nitrogen and oxygen atoms in total. The summed E-state index contributed by atoms with van der Waals surface area (Å²) in [6.45, 7) is 1.85. The van der Waals surface area contributed by atoms with Crippen LogP contribution in [-0.2, 0) is 13.1 Å². The zero-order valence-corrected chi connectivity index (χ0v) is 10.2. The fourth-order valence-electron chi connectivity index (χ4n) is 2.07. The van der Waals surface area contributed by atoms with Crippen LogP contribution < -0.4 is 0 Å². The van der Waals surface area contributed by atoms with Crippen LogP contribution in [-0.4, -0.2) is 16.9 Å². The summed E-state index contributed by atoms with van der Waals surface area (Å²) in [6.07, 6.45) is 1.56. The van der Waals surface area contributed by atoms with E-state index >= 15 is 0 Å². The van der Waals surface area contributed by atoms with Crippen molar-refractivity contribution in [2.75, 3.05) is 7.05 Å². The normalized spacial score (nSPS) is 15.3. The molecule has 0 aromatic carbocycles. The van der Waals surface area contributed by atoms with E-state index in [-0.39, 0.29) is 0 Å². The molecular weight excluding hydrogens is 242 g/mol. The second kappa shape index (κ2) is 3.42. The molecule has 1 aliphatic rings. The Labute approximate surface area is 102 Å². The van der Waals surface area contributed by atoms with E-state index in [9.17, 15) is 0 Å². The minimum absolute atomic E-state index is 0.462. The predicted molar refractivity (Wildman–Crippen MR) is 64.5 cm³/mol. The van der Waals surface area contributed by atoms with Crippen molar-refractivity contribution in [3.05, 3.63) is 27.2 Å². The lowest BCUT2D eigenvalue weighted by Crippen LogP contribution is -2.08. The van der Waals surface area contributed by atoms with E-state index in [1.54, 1.807) is 17.5 Å². The van der Waals surface area contributed by atoms with Crippen molar-refractivity contribution in [1.29, 1.82) is 5.26 Å². The second-order valence-corrected chi connectivity index (χ2v) is 5.42. The quantitative estimate of drug-likeness (QED) is 0.721. The van der Waals surface area contributed by atoms with E-state index in [4.69, 9.17) is 16.9 Å². The van der Waals surface area contributed by atoms with Gasteiger partial charge in [-0.25, -0.2) is 4.98 Å². The van der Waals surface area contributed by atoms with Crippen LogP contribution in [0.2, 0.25) is 5.02 Å². The summed E-state index contributed by atoms with van der Waals surface area (Å²) in [5.41, 5.74) is 1.71. The molecule has 3 heterocycles. The molecule has 0 bridgehead atoms. The third-order valence-corrected chi connectivity index (χ3v) is 4.32. The topological polar surface area (TPSA) is 39.9 Å². The molecule has 5 heteroatoms. The lowest BCUT2D eigenvalue weighted by atomic mass is 10.1. The first kappa shape index (κ1) is 10.0. The number of halogens is 1. The second-order valence-electron chi connectivity index (χ2n) is 3.95. The lowest BCUT2D eigenvalue weighted by molar-refractivity contribution is 0.355. The van der Waals surface area contributed by atoms with Gasteiger partial charge in [0.1, 0.15) is 10.9 Å². The van der Waals surface area contributed by atoms with Gasteiger partial charge in [-0.2, -0.15) is 5.26 Å². The maximum absolute atomic E-state index is 8.93. The van der Waals surface area contributed by atoms with Gasteiger partial charge < -0.3 is 0 Å². The predicted octanol–water partition coefficient (Wildman–Crippen LogP) is 2.77. The van der Waals surface area contributed by atoms with Gasteiger partial charge in [-0.15, -0.1) is 11.3 Å². The molecule has 80 valence electrons. The van der Waals surface area contributed by atoms with Gasteiger partial charge >= 0.3 is 0 Å². The number of rotatable bonds is 0. The van der Waals surface area contributed by atoms with Gasteiger partial charge in [0.05, 0.1) is 10.6 Å². The molecule has 0 N–H and O–H groups in total. The monoisotopic (exact) mass is 249 g/mol. The number of hydrogen-bond donors (Lipinski definition) is 0. The Morgan fingerprint density at radius 2 is 2.38 bits per heavy atom. The molecule has 0 saturated carbocycles. The van der Waals surface area contributed by atoms with E-state index < -0.39 is 0 Å². The van der Waals surface area contributed by atoms with Crippen LogP contribution in [0.5, 0.6) is 0 Å². The molecule has 16 heavy (non-hydrogen) atoms. The van der Waals surface area contributed by atoms with Crippen LogP contribution in [0, 0.1) is 11.3 Å². The van der Waals surface area contributed by atoms with Crippen LogP contribution in [0.3, 0.4) is 0 Å². The molecular formula is C11H8ClN3S. The van der Waals surface area contributed by atoms with Gasteiger partial charge in [0, 0.05) is 29.5 Å². The molecule has 0 atom stereocenters. The molecule has 0 saturated heterocycles. The van der Waals surface area contributed by atoms with Gasteiger partial charge in [-0.3, -0.25) is 4.90 Å². The molecule has 1 aliphatic heterocycles. The highest BCUT2D eigenvalue weighted by Crippen LogP contribution is 2.40. The number of hydrogen-bond acceptors (Lipinski definition) is 4. The summed E-state index contributed by atoms with van der Waals surface area (Å²) in [5.74, 6) is 0. The minimum atomic E-state index is 0.462. The SMILES string of the molecule is CN1Cc2sc3ncc(C#N)c(Cl)c3c2C1. The summed E-state index contributed by atoms with van der Waals surface area (Å²) in [4.78, 5) is 8.79. The van der Waals surface area contributed by atoms with Crippen LogP contribution in [0.15, 0.2) is 6.20 Å². The number of thiophene rings is 1. The van der Waals surface area contributed by atoms with Gasteiger partial charge in [-0.05, 0) is 12.6 Å². The molecule has 3 rings (SSSR count). The summed E-state index contributed by atoms with van der Waals surface area (Å²) in [6, 6.07) is 2.08. The van der Waals surface area contributed by atoms with E-state index in [2.05, 4.69) is 23.0 Å². The highest BCUT2D eigenvalue weighted by atomic mass is 35.5. The largest absolute Gasteiger partial charge is 0.297 e. The highest BCUT2D eigenvalue weighted by molar-refractivity contribution is 7.19. The standard InChI is InChI=1S/C11H8ClN3S/c1-15-4-7-8(5-15)16-11-9(7)10(12)6(2-13)3-14-11/h3H,4-5H2,1H3. The summed E-state index contributed by atoms with van der Waals surface area (Å²) >= 11 is 7.92. The van der Waals surface area contributed by atoms with Crippen molar-refractivity contribution in [1.82, 2.24) is 9.88 Å². The van der Waals surface area contributed by atoms with Crippen molar-refractivity contribution in [3.8, 4) is 6.07 Å². The fraction of sp³-hybridized carbons (Fsp3) is 0.273. The maximum atomic E-state index is 8.93. The average molecular weight is 250 g/mol. The van der Waals surface area contributed by atoms with Gasteiger partial charge in [-0.1, -0.05) is 11.6 Å². The number of pyridine rings is 1. The summed E-state index contributed by atoms with van der Waals surface area (Å²) in [5, 5.41) is 10.5. The molecule has 2 aromatic heterocycles. The Hall–Kier alpha value is -1.15. The number of nitriles is 1. The Kier molecular flexibility index (Phi) is 2.15. The first-order valence-electron chi connectivity index (χ1n) is 4.88. The van der Waals surface area contributed by atoms with Crippen LogP contribution in [0.4, 0.5) is 0 Å². The third kappa shape index (κ3) is 1.26. The zero-order valence-electron chi connectivity index (χ0n) is 8.62. The van der Waals surface area contributed by atoms with Gasteiger partial charge in [0.15, 0.2) is 0 Å². The Balaban J connectivity index is 2.36. The summed E-state index contributed by atoms with van der Waals surface area (Å²) in [7, 11) is 2.08. The zero-order chi connectivity index (χ0) is 11.3. The Morgan fingerprint density at radius 3 is 3.12 bits per heavy atom. The van der Waals surface area contributed by atoms with E-state index in [1.807, 2.05) is 0 Å². The number of aromatic nitrogens is 1. The molecule has 0 amide bonds. The van der Waals surface area contributed by atoms with Crippen LogP contribution in [0.1, 0.15) is 16.0 Å². The van der Waals surface area contributed by atoms with Crippen LogP contribution in [0.25, 0.3) is 10.2 Å². The highest BCUT2D eigenvalue weighted by Gasteiger charge is 2.24. The molecule has 0 unspecified atom stereocenters. The van der Waals surface area contributed by atoms with Gasteiger partial charge in [0.25, 0.3) is 0 Å². The van der Waals surface area contributed by atoms with Crippen molar-refractivity contribution in [3.63, 3.8) is 0 Å². The molecule has 0 fully saturated rings. The third-order valence-electron chi connectivity index (χ3n) is 2.80. The van der Waals surface area contributed by atoms with Crippen molar-refractivity contribution >= 4 is 33.2 Å². The first-order valence-corrected chi connectivity index (χ1v) is 6.07. The Bertz CT molecular complexity index is 626. The summed E-state index contributed by atoms with van der Waals surface area (Å²) < 4.78 is 0. The van der Waals surface area contributed by atoms with E-state index in [0.717, 1.165) is 23.3 Å². The van der Waals surface area contributed by atoms with E-state index in [0.29, 0.717) is 10.6 Å². The van der Waals surface area contributed by atoms with Crippen molar-refractivity contribution in [2.45, 2.75) is 13.1 Å². The number of nitrogens with zero attached hydrogens (tertiary/aromatic N) is 3. The van der Waals surface area contributed by atoms with Crippen LogP contribution >= 0.6 is 22.9 Å². The molecule has 0 radical (unpaired) electrons. The minimum Gasteiger partial charge on any atom is -0.297 e. The van der Waals surface area contributed by atoms with Crippen molar-refractivity contribution < 1.29 is 0 Å².